The molecular formula is C15H23BrN2O. The van der Waals surface area contributed by atoms with Crippen LogP contribution >= 0.6 is 15.9 Å². The summed E-state index contributed by atoms with van der Waals surface area (Å²) in [4.78, 5) is 2.47. The van der Waals surface area contributed by atoms with E-state index in [-0.39, 0.29) is 6.04 Å². The molecule has 1 fully saturated rings. The van der Waals surface area contributed by atoms with E-state index in [1.54, 1.807) is 7.11 Å². The number of nitrogens with zero attached hydrogens (tertiary/aromatic N) is 1. The molecule has 0 amide bonds. The quantitative estimate of drug-likeness (QED) is 0.836. The lowest BCUT2D eigenvalue weighted by atomic mass is 10.0. The minimum absolute atomic E-state index is 0.234. The van der Waals surface area contributed by atoms with Crippen LogP contribution in [0.2, 0.25) is 0 Å². The summed E-state index contributed by atoms with van der Waals surface area (Å²) in [6, 6.07) is 6.38. The average molecular weight is 327 g/mol. The molecule has 0 saturated heterocycles. The Morgan fingerprint density at radius 2 is 2.21 bits per heavy atom. The predicted octanol–water partition coefficient (Wildman–Crippen LogP) is 3.19. The number of likely N-dealkylation sites (N-methyl/N-ethyl adjacent to an activating group) is 1. The van der Waals surface area contributed by atoms with Gasteiger partial charge in [-0.3, -0.25) is 4.90 Å². The first kappa shape index (κ1) is 14.8. The molecule has 2 rings (SSSR count). The van der Waals surface area contributed by atoms with E-state index in [0.717, 1.165) is 29.2 Å². The van der Waals surface area contributed by atoms with E-state index >= 15 is 0 Å². The zero-order valence-electron chi connectivity index (χ0n) is 11.7. The fraction of sp³-hybridized carbons (Fsp3) is 0.600. The van der Waals surface area contributed by atoms with Crippen LogP contribution in [0, 0.1) is 5.92 Å². The van der Waals surface area contributed by atoms with Crippen LogP contribution in [0.15, 0.2) is 22.7 Å². The highest BCUT2D eigenvalue weighted by molar-refractivity contribution is 9.10. The second kappa shape index (κ2) is 6.73. The van der Waals surface area contributed by atoms with E-state index < -0.39 is 0 Å². The van der Waals surface area contributed by atoms with E-state index in [4.69, 9.17) is 10.5 Å². The molecule has 2 N–H and O–H groups in total. The highest BCUT2D eigenvalue weighted by Crippen LogP contribution is 2.35. The largest absolute Gasteiger partial charge is 0.496 e. The van der Waals surface area contributed by atoms with Gasteiger partial charge in [0.15, 0.2) is 0 Å². The van der Waals surface area contributed by atoms with E-state index in [9.17, 15) is 0 Å². The first-order valence-electron chi connectivity index (χ1n) is 6.97. The minimum Gasteiger partial charge on any atom is -0.496 e. The SMILES string of the molecule is CCN(CC1CC1)C(CN)c1cc(Br)ccc1OC. The van der Waals surface area contributed by atoms with Gasteiger partial charge in [0.25, 0.3) is 0 Å². The van der Waals surface area contributed by atoms with Crippen LogP contribution in [0.5, 0.6) is 5.75 Å². The fourth-order valence-corrected chi connectivity index (χ4v) is 2.93. The summed E-state index contributed by atoms with van der Waals surface area (Å²) in [5, 5.41) is 0. The van der Waals surface area contributed by atoms with Crippen molar-refractivity contribution in [1.29, 1.82) is 0 Å². The molecule has 0 bridgehead atoms. The summed E-state index contributed by atoms with van der Waals surface area (Å²) >= 11 is 3.54. The van der Waals surface area contributed by atoms with E-state index in [2.05, 4.69) is 33.8 Å². The van der Waals surface area contributed by atoms with Crippen molar-refractivity contribution < 1.29 is 4.74 Å². The van der Waals surface area contributed by atoms with Crippen molar-refractivity contribution in [2.45, 2.75) is 25.8 Å². The summed E-state index contributed by atoms with van der Waals surface area (Å²) in [5.41, 5.74) is 7.22. The maximum Gasteiger partial charge on any atom is 0.123 e. The number of hydrogen-bond acceptors (Lipinski definition) is 3. The van der Waals surface area contributed by atoms with Crippen molar-refractivity contribution in [1.82, 2.24) is 4.90 Å². The highest BCUT2D eigenvalue weighted by atomic mass is 79.9. The van der Waals surface area contributed by atoms with Gasteiger partial charge >= 0.3 is 0 Å². The summed E-state index contributed by atoms with van der Waals surface area (Å²) in [6.07, 6.45) is 2.73. The number of nitrogens with two attached hydrogens (primary N) is 1. The molecular weight excluding hydrogens is 304 g/mol. The van der Waals surface area contributed by atoms with Gasteiger partial charge in [-0.1, -0.05) is 22.9 Å². The van der Waals surface area contributed by atoms with Gasteiger partial charge in [0.2, 0.25) is 0 Å². The maximum atomic E-state index is 6.04. The highest BCUT2D eigenvalue weighted by Gasteiger charge is 2.28. The lowest BCUT2D eigenvalue weighted by Gasteiger charge is -2.31. The molecule has 1 saturated carbocycles. The van der Waals surface area contributed by atoms with Gasteiger partial charge in [-0.05, 0) is 43.5 Å². The van der Waals surface area contributed by atoms with Gasteiger partial charge in [-0.15, -0.1) is 0 Å². The standard InChI is InChI=1S/C15H23BrN2O/c1-3-18(10-11-4-5-11)14(9-17)13-8-12(16)6-7-15(13)19-2/h6-8,11,14H,3-5,9-10,17H2,1-2H3. The molecule has 106 valence electrons. The Morgan fingerprint density at radius 1 is 1.47 bits per heavy atom. The molecule has 0 radical (unpaired) electrons. The zero-order chi connectivity index (χ0) is 13.8. The summed E-state index contributed by atoms with van der Waals surface area (Å²) in [5.74, 6) is 1.79. The third kappa shape index (κ3) is 3.71. The Hall–Kier alpha value is -0.580. The van der Waals surface area contributed by atoms with Gasteiger partial charge in [-0.2, -0.15) is 0 Å². The molecule has 1 aromatic rings. The van der Waals surface area contributed by atoms with Crippen molar-refractivity contribution in [3.05, 3.63) is 28.2 Å². The molecule has 1 atom stereocenters. The Morgan fingerprint density at radius 3 is 2.74 bits per heavy atom. The number of ether oxygens (including phenoxy) is 1. The van der Waals surface area contributed by atoms with E-state index in [1.165, 1.54) is 18.4 Å². The molecule has 1 aliphatic carbocycles. The van der Waals surface area contributed by atoms with Crippen LogP contribution in [0.25, 0.3) is 0 Å². The second-order valence-electron chi connectivity index (χ2n) is 5.17. The maximum absolute atomic E-state index is 6.04. The predicted molar refractivity (Wildman–Crippen MR) is 82.5 cm³/mol. The van der Waals surface area contributed by atoms with Crippen LogP contribution < -0.4 is 10.5 Å². The molecule has 1 aromatic carbocycles. The van der Waals surface area contributed by atoms with Crippen molar-refractivity contribution in [3.63, 3.8) is 0 Å². The van der Waals surface area contributed by atoms with Crippen molar-refractivity contribution in [2.24, 2.45) is 11.7 Å². The monoisotopic (exact) mass is 326 g/mol. The number of halogens is 1. The molecule has 0 aromatic heterocycles. The van der Waals surface area contributed by atoms with Crippen molar-refractivity contribution >= 4 is 15.9 Å². The molecule has 0 spiro atoms. The smallest absolute Gasteiger partial charge is 0.123 e. The van der Waals surface area contributed by atoms with Crippen LogP contribution in [-0.4, -0.2) is 31.6 Å². The molecule has 1 aliphatic rings. The van der Waals surface area contributed by atoms with Gasteiger partial charge in [0, 0.05) is 23.1 Å². The third-order valence-electron chi connectivity index (χ3n) is 3.81. The van der Waals surface area contributed by atoms with Crippen LogP contribution in [0.4, 0.5) is 0 Å². The molecule has 4 heteroatoms. The first-order valence-corrected chi connectivity index (χ1v) is 7.76. The lowest BCUT2D eigenvalue weighted by Crippen LogP contribution is -2.35. The molecule has 0 heterocycles. The molecule has 1 unspecified atom stereocenters. The number of rotatable bonds is 7. The lowest BCUT2D eigenvalue weighted by molar-refractivity contribution is 0.199. The number of methoxy groups -OCH3 is 1. The molecule has 19 heavy (non-hydrogen) atoms. The van der Waals surface area contributed by atoms with Crippen LogP contribution in [0.3, 0.4) is 0 Å². The van der Waals surface area contributed by atoms with Crippen LogP contribution in [-0.2, 0) is 0 Å². The van der Waals surface area contributed by atoms with Gasteiger partial charge in [0.05, 0.1) is 13.2 Å². The average Bonchev–Trinajstić information content (AvgIpc) is 3.22. The summed E-state index contributed by atoms with van der Waals surface area (Å²) in [7, 11) is 1.72. The Labute approximate surface area is 124 Å². The Balaban J connectivity index is 2.25. The molecule has 0 aliphatic heterocycles. The number of benzene rings is 1. The molecule has 3 nitrogen and oxygen atoms in total. The second-order valence-corrected chi connectivity index (χ2v) is 6.08. The van der Waals surface area contributed by atoms with Crippen LogP contribution in [0.1, 0.15) is 31.4 Å². The van der Waals surface area contributed by atoms with E-state index in [0.29, 0.717) is 6.54 Å². The van der Waals surface area contributed by atoms with Crippen molar-refractivity contribution in [3.8, 4) is 5.75 Å². The fourth-order valence-electron chi connectivity index (χ4n) is 2.55. The number of hydrogen-bond donors (Lipinski definition) is 1. The first-order chi connectivity index (χ1) is 9.19. The summed E-state index contributed by atoms with van der Waals surface area (Å²) < 4.78 is 6.57. The topological polar surface area (TPSA) is 38.5 Å². The third-order valence-corrected chi connectivity index (χ3v) is 4.30. The zero-order valence-corrected chi connectivity index (χ0v) is 13.3. The van der Waals surface area contributed by atoms with Gasteiger partial charge in [0.1, 0.15) is 5.75 Å². The van der Waals surface area contributed by atoms with Gasteiger partial charge < -0.3 is 10.5 Å². The van der Waals surface area contributed by atoms with Gasteiger partial charge in [-0.25, -0.2) is 0 Å². The summed E-state index contributed by atoms with van der Waals surface area (Å²) in [6.45, 7) is 4.99. The van der Waals surface area contributed by atoms with Crippen molar-refractivity contribution in [2.75, 3.05) is 26.7 Å². The normalized spacial score (nSPS) is 16.7. The Kier molecular flexibility index (Phi) is 5.25. The Bertz CT molecular complexity index is 421. The minimum atomic E-state index is 0.234. The van der Waals surface area contributed by atoms with E-state index in [1.807, 2.05) is 12.1 Å².